The Kier molecular flexibility index (Phi) is 3.57. The first kappa shape index (κ1) is 14.9. The molecule has 4 nitrogen and oxygen atoms in total. The van der Waals surface area contributed by atoms with Crippen LogP contribution in [-0.2, 0) is 9.31 Å². The number of methoxy groups -OCH3 is 1. The van der Waals surface area contributed by atoms with Gasteiger partial charge in [-0.2, -0.15) is 5.26 Å². The van der Waals surface area contributed by atoms with Gasteiger partial charge in [-0.15, -0.1) is 0 Å². The maximum Gasteiger partial charge on any atom is 0.498 e. The summed E-state index contributed by atoms with van der Waals surface area (Å²) in [6.07, 6.45) is 0. The van der Waals surface area contributed by atoms with Gasteiger partial charge in [-0.05, 0) is 52.3 Å². The third kappa shape index (κ3) is 2.30. The van der Waals surface area contributed by atoms with Crippen molar-refractivity contribution in [3.63, 3.8) is 0 Å². The predicted octanol–water partition coefficient (Wildman–Crippen LogP) is 2.17. The molecule has 0 atom stereocenters. The number of hydrogen-bond acceptors (Lipinski definition) is 4. The Balaban J connectivity index is 2.48. The average Bonchev–Trinajstić information content (AvgIpc) is 2.56. The Bertz CT molecular complexity index is 559. The monoisotopic (exact) mass is 273 g/mol. The van der Waals surface area contributed by atoms with Crippen LogP contribution in [0, 0.1) is 18.3 Å². The number of nitriles is 1. The van der Waals surface area contributed by atoms with E-state index < -0.39 is 18.3 Å². The van der Waals surface area contributed by atoms with Gasteiger partial charge in [0.15, 0.2) is 0 Å². The first-order valence-corrected chi connectivity index (χ1v) is 6.66. The van der Waals surface area contributed by atoms with Crippen LogP contribution in [0.2, 0.25) is 0 Å². The highest BCUT2D eigenvalue weighted by Gasteiger charge is 2.52. The number of rotatable bonds is 2. The smallest absolute Gasteiger partial charge is 0.497 e. The van der Waals surface area contributed by atoms with Crippen molar-refractivity contribution in [3.05, 3.63) is 23.3 Å². The highest BCUT2D eigenvalue weighted by Crippen LogP contribution is 2.37. The zero-order valence-electron chi connectivity index (χ0n) is 12.9. The molecule has 1 aliphatic rings. The van der Waals surface area contributed by atoms with Crippen molar-refractivity contribution >= 4 is 12.6 Å². The number of nitrogens with zero attached hydrogens (tertiary/aromatic N) is 1. The molecule has 0 aromatic heterocycles. The van der Waals surface area contributed by atoms with E-state index in [1.54, 1.807) is 13.2 Å². The van der Waals surface area contributed by atoms with Crippen LogP contribution in [0.5, 0.6) is 5.75 Å². The van der Waals surface area contributed by atoms with Gasteiger partial charge >= 0.3 is 7.12 Å². The lowest BCUT2D eigenvalue weighted by molar-refractivity contribution is 0.00578. The summed E-state index contributed by atoms with van der Waals surface area (Å²) in [4.78, 5) is 0. The third-order valence-corrected chi connectivity index (χ3v) is 4.19. The summed E-state index contributed by atoms with van der Waals surface area (Å²) in [6.45, 7) is 9.98. The molecule has 1 saturated heterocycles. The molecule has 0 unspecified atom stereocenters. The molecule has 1 aliphatic heterocycles. The van der Waals surface area contributed by atoms with Crippen LogP contribution in [0.1, 0.15) is 38.8 Å². The number of benzene rings is 1. The van der Waals surface area contributed by atoms with Crippen molar-refractivity contribution in [2.45, 2.75) is 45.8 Å². The summed E-state index contributed by atoms with van der Waals surface area (Å²) in [5.41, 5.74) is 1.55. The lowest BCUT2D eigenvalue weighted by Gasteiger charge is -2.32. The van der Waals surface area contributed by atoms with Crippen LogP contribution in [0.25, 0.3) is 0 Å². The molecular formula is C15H20BNO3. The maximum absolute atomic E-state index is 9.04. The summed E-state index contributed by atoms with van der Waals surface area (Å²) in [5, 5.41) is 9.04. The van der Waals surface area contributed by atoms with Crippen LogP contribution in [0.15, 0.2) is 12.1 Å². The molecule has 2 rings (SSSR count). The quantitative estimate of drug-likeness (QED) is 0.775. The van der Waals surface area contributed by atoms with E-state index in [9.17, 15) is 0 Å². The number of aryl methyl sites for hydroxylation is 1. The Morgan fingerprint density at radius 3 is 2.15 bits per heavy atom. The van der Waals surface area contributed by atoms with E-state index in [1.165, 1.54) is 0 Å². The van der Waals surface area contributed by atoms with E-state index in [1.807, 2.05) is 40.7 Å². The van der Waals surface area contributed by atoms with Gasteiger partial charge in [0, 0.05) is 5.46 Å². The first-order valence-electron chi connectivity index (χ1n) is 6.66. The molecule has 0 amide bonds. The second-order valence-electron chi connectivity index (χ2n) is 6.11. The molecule has 1 aromatic carbocycles. The first-order chi connectivity index (χ1) is 9.21. The molecule has 0 spiro atoms. The van der Waals surface area contributed by atoms with Crippen LogP contribution < -0.4 is 10.2 Å². The SMILES string of the molecule is COc1cc(C#N)cc(C)c1B1OC(C)(C)C(C)(C)O1. The fraction of sp³-hybridized carbons (Fsp3) is 0.533. The van der Waals surface area contributed by atoms with Gasteiger partial charge in [-0.3, -0.25) is 0 Å². The largest absolute Gasteiger partial charge is 0.498 e. The minimum Gasteiger partial charge on any atom is -0.497 e. The van der Waals surface area contributed by atoms with E-state index in [2.05, 4.69) is 6.07 Å². The van der Waals surface area contributed by atoms with Gasteiger partial charge in [-0.25, -0.2) is 0 Å². The van der Waals surface area contributed by atoms with Crippen LogP contribution in [-0.4, -0.2) is 25.4 Å². The van der Waals surface area contributed by atoms with E-state index in [-0.39, 0.29) is 0 Å². The van der Waals surface area contributed by atoms with Crippen molar-refractivity contribution in [2.24, 2.45) is 0 Å². The highest BCUT2D eigenvalue weighted by molar-refractivity contribution is 6.63. The van der Waals surface area contributed by atoms with Crippen molar-refractivity contribution < 1.29 is 14.0 Å². The number of hydrogen-bond donors (Lipinski definition) is 0. The molecule has 0 saturated carbocycles. The summed E-state index contributed by atoms with van der Waals surface area (Å²) < 4.78 is 17.5. The Morgan fingerprint density at radius 2 is 1.70 bits per heavy atom. The van der Waals surface area contributed by atoms with Gasteiger partial charge in [0.1, 0.15) is 5.75 Å². The average molecular weight is 273 g/mol. The summed E-state index contributed by atoms with van der Waals surface area (Å²) >= 11 is 0. The maximum atomic E-state index is 9.04. The fourth-order valence-electron chi connectivity index (χ4n) is 2.26. The van der Waals surface area contributed by atoms with Crippen LogP contribution in [0.3, 0.4) is 0 Å². The molecule has 5 heteroatoms. The topological polar surface area (TPSA) is 51.5 Å². The summed E-state index contributed by atoms with van der Waals surface area (Å²) in [5.74, 6) is 0.625. The van der Waals surface area contributed by atoms with Gasteiger partial charge in [0.2, 0.25) is 0 Å². The standard InChI is InChI=1S/C15H20BNO3/c1-10-7-11(9-17)8-12(18-6)13(10)16-19-14(2,3)15(4,5)20-16/h7-8H,1-6H3. The van der Waals surface area contributed by atoms with Crippen LogP contribution in [0.4, 0.5) is 0 Å². The zero-order valence-corrected chi connectivity index (χ0v) is 12.9. The van der Waals surface area contributed by atoms with Crippen molar-refractivity contribution in [2.75, 3.05) is 7.11 Å². The highest BCUT2D eigenvalue weighted by atomic mass is 16.7. The minimum atomic E-state index is -0.484. The Labute approximate surface area is 120 Å². The third-order valence-electron chi connectivity index (χ3n) is 4.19. The predicted molar refractivity (Wildman–Crippen MR) is 78.2 cm³/mol. The minimum absolute atomic E-state index is 0.400. The van der Waals surface area contributed by atoms with Crippen molar-refractivity contribution in [3.8, 4) is 11.8 Å². The Morgan fingerprint density at radius 1 is 1.15 bits per heavy atom. The van der Waals surface area contributed by atoms with Crippen molar-refractivity contribution in [1.29, 1.82) is 5.26 Å². The van der Waals surface area contributed by atoms with E-state index in [0.29, 0.717) is 11.3 Å². The Hall–Kier alpha value is -1.51. The van der Waals surface area contributed by atoms with Gasteiger partial charge in [-0.1, -0.05) is 0 Å². The van der Waals surface area contributed by atoms with E-state index in [0.717, 1.165) is 11.0 Å². The van der Waals surface area contributed by atoms with Gasteiger partial charge < -0.3 is 14.0 Å². The van der Waals surface area contributed by atoms with Gasteiger partial charge in [0.05, 0.1) is 29.9 Å². The molecule has 0 radical (unpaired) electrons. The fourth-order valence-corrected chi connectivity index (χ4v) is 2.26. The molecule has 0 aliphatic carbocycles. The lowest BCUT2D eigenvalue weighted by Crippen LogP contribution is -2.41. The number of ether oxygens (including phenoxy) is 1. The molecule has 0 bridgehead atoms. The van der Waals surface area contributed by atoms with Crippen molar-refractivity contribution in [1.82, 2.24) is 0 Å². The molecule has 0 N–H and O–H groups in total. The molecule has 20 heavy (non-hydrogen) atoms. The zero-order chi connectivity index (χ0) is 15.1. The normalized spacial score (nSPS) is 19.8. The van der Waals surface area contributed by atoms with Gasteiger partial charge in [0.25, 0.3) is 0 Å². The van der Waals surface area contributed by atoms with Crippen LogP contribution >= 0.6 is 0 Å². The van der Waals surface area contributed by atoms with E-state index >= 15 is 0 Å². The molecule has 106 valence electrons. The second-order valence-corrected chi connectivity index (χ2v) is 6.11. The van der Waals surface area contributed by atoms with E-state index in [4.69, 9.17) is 19.3 Å². The molecular weight excluding hydrogens is 253 g/mol. The second kappa shape index (κ2) is 4.80. The summed E-state index contributed by atoms with van der Waals surface area (Å²) in [7, 11) is 1.10. The molecule has 1 heterocycles. The molecule has 1 fully saturated rings. The summed E-state index contributed by atoms with van der Waals surface area (Å²) in [6, 6.07) is 5.67. The molecule has 1 aromatic rings. The lowest BCUT2D eigenvalue weighted by atomic mass is 9.75.